The molecule has 0 radical (unpaired) electrons. The van der Waals surface area contributed by atoms with Crippen LogP contribution in [0.2, 0.25) is 4.34 Å². The Labute approximate surface area is 97.3 Å². The van der Waals surface area contributed by atoms with E-state index in [9.17, 15) is 0 Å². The van der Waals surface area contributed by atoms with Gasteiger partial charge in [-0.2, -0.15) is 0 Å². The van der Waals surface area contributed by atoms with E-state index >= 15 is 0 Å². The summed E-state index contributed by atoms with van der Waals surface area (Å²) >= 11 is 7.40. The second kappa shape index (κ2) is 4.55. The average Bonchev–Trinajstić information content (AvgIpc) is 2.65. The van der Waals surface area contributed by atoms with Gasteiger partial charge < -0.3 is 0 Å². The monoisotopic (exact) mass is 236 g/mol. The number of hydrogen-bond donors (Lipinski definition) is 0. The molecule has 0 amide bonds. The smallest absolute Gasteiger partial charge is 0.0934 e. The minimum absolute atomic E-state index is 0.799. The summed E-state index contributed by atoms with van der Waals surface area (Å²) < 4.78 is 0.799. The van der Waals surface area contributed by atoms with Crippen LogP contribution in [0.5, 0.6) is 0 Å². The van der Waals surface area contributed by atoms with Gasteiger partial charge in [0.2, 0.25) is 0 Å². The molecule has 2 heterocycles. The van der Waals surface area contributed by atoms with Crippen LogP contribution in [-0.2, 0) is 0 Å². The lowest BCUT2D eigenvalue weighted by Crippen LogP contribution is -1.85. The Morgan fingerprint density at radius 2 is 2.27 bits per heavy atom. The molecule has 0 fully saturated rings. The van der Waals surface area contributed by atoms with Crippen molar-refractivity contribution in [2.75, 3.05) is 0 Å². The van der Waals surface area contributed by atoms with Crippen molar-refractivity contribution in [2.24, 2.45) is 0 Å². The molecule has 0 aliphatic heterocycles. The lowest BCUT2D eigenvalue weighted by atomic mass is 10.2. The number of aromatic nitrogens is 2. The van der Waals surface area contributed by atoms with Crippen LogP contribution in [-0.4, -0.2) is 9.97 Å². The van der Waals surface area contributed by atoms with Gasteiger partial charge >= 0.3 is 0 Å². The van der Waals surface area contributed by atoms with Crippen LogP contribution in [0.4, 0.5) is 0 Å². The molecule has 2 nitrogen and oxygen atoms in total. The number of thiophene rings is 1. The highest BCUT2D eigenvalue weighted by molar-refractivity contribution is 7.17. The molecule has 4 heteroatoms. The first-order chi connectivity index (χ1) is 7.25. The maximum Gasteiger partial charge on any atom is 0.0934 e. The molecule has 0 aliphatic rings. The predicted molar refractivity (Wildman–Crippen MR) is 64.9 cm³/mol. The van der Waals surface area contributed by atoms with E-state index in [4.69, 9.17) is 11.6 Å². The first kappa shape index (κ1) is 10.3. The highest BCUT2D eigenvalue weighted by Gasteiger charge is 1.99. The molecule has 0 unspecified atom stereocenters. The van der Waals surface area contributed by atoms with Gasteiger partial charge in [0.1, 0.15) is 0 Å². The van der Waals surface area contributed by atoms with Gasteiger partial charge in [0, 0.05) is 17.3 Å². The third-order valence-electron chi connectivity index (χ3n) is 1.92. The second-order valence-corrected chi connectivity index (χ2v) is 4.81. The molecule has 0 saturated carbocycles. The zero-order chi connectivity index (χ0) is 10.7. The van der Waals surface area contributed by atoms with Crippen molar-refractivity contribution in [3.8, 4) is 0 Å². The Bertz CT molecular complexity index is 476. The molecular weight excluding hydrogens is 228 g/mol. The second-order valence-electron chi connectivity index (χ2n) is 3.06. The first-order valence-corrected chi connectivity index (χ1v) is 5.65. The van der Waals surface area contributed by atoms with Crippen LogP contribution in [0.15, 0.2) is 30.7 Å². The van der Waals surface area contributed by atoms with Gasteiger partial charge in [-0.25, -0.2) is 0 Å². The Morgan fingerprint density at radius 3 is 2.87 bits per heavy atom. The summed E-state index contributed by atoms with van der Waals surface area (Å²) in [5.41, 5.74) is 1.98. The van der Waals surface area contributed by atoms with Crippen molar-refractivity contribution in [1.29, 1.82) is 0 Å². The van der Waals surface area contributed by atoms with Crippen molar-refractivity contribution < 1.29 is 0 Å². The number of halogens is 1. The van der Waals surface area contributed by atoms with E-state index in [1.807, 2.05) is 19.1 Å². The normalized spacial score (nSPS) is 11.7. The van der Waals surface area contributed by atoms with E-state index in [1.54, 1.807) is 29.9 Å². The largest absolute Gasteiger partial charge is 0.261 e. The topological polar surface area (TPSA) is 25.8 Å². The fraction of sp³-hybridized carbons (Fsp3) is 0.0909. The summed E-state index contributed by atoms with van der Waals surface area (Å²) in [4.78, 5) is 9.38. The molecule has 2 rings (SSSR count). The third kappa shape index (κ3) is 2.64. The van der Waals surface area contributed by atoms with Gasteiger partial charge in [0.15, 0.2) is 0 Å². The molecular formula is C11H9ClN2S. The molecule has 0 bridgehead atoms. The summed E-state index contributed by atoms with van der Waals surface area (Å²) in [6.45, 7) is 2.01. The quantitative estimate of drug-likeness (QED) is 0.794. The third-order valence-corrected chi connectivity index (χ3v) is 3.10. The van der Waals surface area contributed by atoms with Crippen LogP contribution in [0.3, 0.4) is 0 Å². The Hall–Kier alpha value is -1.19. The van der Waals surface area contributed by atoms with E-state index in [0.29, 0.717) is 0 Å². The average molecular weight is 237 g/mol. The molecule has 0 N–H and O–H groups in total. The summed E-state index contributed by atoms with van der Waals surface area (Å²) in [6.07, 6.45) is 7.16. The van der Waals surface area contributed by atoms with Crippen molar-refractivity contribution in [1.82, 2.24) is 9.97 Å². The molecule has 2 aromatic rings. The van der Waals surface area contributed by atoms with Crippen molar-refractivity contribution >= 4 is 34.6 Å². The van der Waals surface area contributed by atoms with Gasteiger partial charge in [-0.15, -0.1) is 11.3 Å². The number of hydrogen-bond acceptors (Lipinski definition) is 3. The lowest BCUT2D eigenvalue weighted by molar-refractivity contribution is 1.17. The molecule has 0 saturated heterocycles. The van der Waals surface area contributed by atoms with Crippen LogP contribution in [0, 0.1) is 0 Å². The van der Waals surface area contributed by atoms with Gasteiger partial charge in [-0.1, -0.05) is 11.6 Å². The zero-order valence-corrected chi connectivity index (χ0v) is 9.72. The van der Waals surface area contributed by atoms with E-state index in [0.717, 1.165) is 20.5 Å². The fourth-order valence-corrected chi connectivity index (χ4v) is 2.26. The summed E-state index contributed by atoms with van der Waals surface area (Å²) in [5.74, 6) is 0. The van der Waals surface area contributed by atoms with Gasteiger partial charge in [-0.05, 0) is 30.7 Å². The summed E-state index contributed by atoms with van der Waals surface area (Å²) in [6, 6.07) is 3.88. The standard InChI is InChI=1S/C11H9ClN2S/c1-8(10-7-13-4-5-14-10)6-9-2-3-11(12)15-9/h2-7H,1H3. The van der Waals surface area contributed by atoms with Crippen molar-refractivity contribution in [2.45, 2.75) is 6.92 Å². The molecule has 0 aromatic carbocycles. The molecule has 2 aromatic heterocycles. The van der Waals surface area contributed by atoms with Crippen molar-refractivity contribution in [3.05, 3.63) is 45.6 Å². The van der Waals surface area contributed by atoms with E-state index in [1.165, 1.54) is 0 Å². The van der Waals surface area contributed by atoms with Crippen LogP contribution < -0.4 is 0 Å². The minimum Gasteiger partial charge on any atom is -0.261 e. The number of allylic oxidation sites excluding steroid dienone is 1. The maximum atomic E-state index is 5.85. The highest BCUT2D eigenvalue weighted by Crippen LogP contribution is 2.25. The van der Waals surface area contributed by atoms with E-state index in [2.05, 4.69) is 16.0 Å². The first-order valence-electron chi connectivity index (χ1n) is 4.46. The SMILES string of the molecule is CC(=Cc1ccc(Cl)s1)c1cnccn1. The molecule has 0 atom stereocenters. The highest BCUT2D eigenvalue weighted by atomic mass is 35.5. The maximum absolute atomic E-state index is 5.85. The van der Waals surface area contributed by atoms with Crippen LogP contribution >= 0.6 is 22.9 Å². The summed E-state index contributed by atoms with van der Waals surface area (Å²) in [7, 11) is 0. The molecule has 15 heavy (non-hydrogen) atoms. The lowest BCUT2D eigenvalue weighted by Gasteiger charge is -1.97. The van der Waals surface area contributed by atoms with E-state index < -0.39 is 0 Å². The number of nitrogens with zero attached hydrogens (tertiary/aromatic N) is 2. The van der Waals surface area contributed by atoms with Gasteiger partial charge in [0.25, 0.3) is 0 Å². The fourth-order valence-electron chi connectivity index (χ4n) is 1.20. The predicted octanol–water partition coefficient (Wildman–Crippen LogP) is 3.75. The zero-order valence-electron chi connectivity index (χ0n) is 8.14. The number of rotatable bonds is 2. The van der Waals surface area contributed by atoms with Gasteiger partial charge in [0.05, 0.1) is 16.2 Å². The molecule has 0 aliphatic carbocycles. The molecule has 76 valence electrons. The Kier molecular flexibility index (Phi) is 3.14. The van der Waals surface area contributed by atoms with E-state index in [-0.39, 0.29) is 0 Å². The van der Waals surface area contributed by atoms with Crippen LogP contribution in [0.25, 0.3) is 11.6 Å². The summed E-state index contributed by atoms with van der Waals surface area (Å²) in [5, 5.41) is 0. The van der Waals surface area contributed by atoms with Crippen LogP contribution in [0.1, 0.15) is 17.5 Å². The van der Waals surface area contributed by atoms with Crippen molar-refractivity contribution in [3.63, 3.8) is 0 Å². The minimum atomic E-state index is 0.799. The Morgan fingerprint density at radius 1 is 1.40 bits per heavy atom. The Balaban J connectivity index is 2.28. The van der Waals surface area contributed by atoms with Gasteiger partial charge in [-0.3, -0.25) is 9.97 Å². The molecule has 0 spiro atoms.